The predicted octanol–water partition coefficient (Wildman–Crippen LogP) is 8.61. The predicted molar refractivity (Wildman–Crippen MR) is 162 cm³/mol. The lowest BCUT2D eigenvalue weighted by molar-refractivity contribution is -0.147. The molecule has 0 aromatic rings. The molecule has 2 N–H and O–H groups in total. The van der Waals surface area contributed by atoms with Gasteiger partial charge in [0.2, 0.25) is 5.91 Å². The number of allylic oxidation sites excluding steroid dienone is 5. The minimum atomic E-state index is -1.03. The maximum absolute atomic E-state index is 12.5. The first-order valence-corrected chi connectivity index (χ1v) is 15.6. The number of carboxylic acid groups (broad SMARTS) is 1. The highest BCUT2D eigenvalue weighted by Crippen LogP contribution is 2.15. The third kappa shape index (κ3) is 28.5. The number of ether oxygens (including phenoxy) is 1. The fourth-order valence-electron chi connectivity index (χ4n) is 4.27. The lowest BCUT2D eigenvalue weighted by Gasteiger charge is -2.14. The molecule has 0 saturated carbocycles. The molecular formula is C33H57NO5. The second-order valence-corrected chi connectivity index (χ2v) is 10.3. The standard InChI is InChI=1S/C33H57NO5/c1-3-5-7-9-11-13-14-16-18-24-28-33(38)39-30(25-21-17-15-12-10-8-6-4-2)26-22-19-20-23-27-31(35)34-29-32(36)37/h6,8,12,15,21,25,30H,3-5,7,9-11,13-14,16-20,22-24,26-29H2,1-2H3,(H,34,35)(H,36,37)/b8-6-,15-12-,25-21-. The van der Waals surface area contributed by atoms with Gasteiger partial charge in [-0.15, -0.1) is 0 Å². The van der Waals surface area contributed by atoms with Crippen LogP contribution in [0.1, 0.15) is 142 Å². The van der Waals surface area contributed by atoms with E-state index in [1.165, 1.54) is 51.4 Å². The zero-order chi connectivity index (χ0) is 28.8. The Balaban J connectivity index is 4.30. The number of unbranched alkanes of at least 4 members (excludes halogenated alkanes) is 12. The van der Waals surface area contributed by atoms with Crippen molar-refractivity contribution >= 4 is 17.8 Å². The largest absolute Gasteiger partial charge is 0.480 e. The summed E-state index contributed by atoms with van der Waals surface area (Å²) in [4.78, 5) is 34.6. The molecule has 1 unspecified atom stereocenters. The van der Waals surface area contributed by atoms with E-state index in [4.69, 9.17) is 9.84 Å². The number of hydrogen-bond donors (Lipinski definition) is 2. The van der Waals surface area contributed by atoms with Crippen molar-refractivity contribution in [1.29, 1.82) is 0 Å². The minimum absolute atomic E-state index is 0.112. The summed E-state index contributed by atoms with van der Waals surface area (Å²) in [5.74, 6) is -1.37. The van der Waals surface area contributed by atoms with Gasteiger partial charge >= 0.3 is 11.9 Å². The Morgan fingerprint density at radius 1 is 0.692 bits per heavy atom. The summed E-state index contributed by atoms with van der Waals surface area (Å²) >= 11 is 0. The Morgan fingerprint density at radius 2 is 1.23 bits per heavy atom. The third-order valence-electron chi connectivity index (χ3n) is 6.56. The van der Waals surface area contributed by atoms with E-state index in [1.54, 1.807) is 0 Å². The molecule has 0 aromatic carbocycles. The summed E-state index contributed by atoms with van der Waals surface area (Å²) in [6.07, 6.45) is 32.8. The van der Waals surface area contributed by atoms with Gasteiger partial charge < -0.3 is 15.2 Å². The number of hydrogen-bond acceptors (Lipinski definition) is 4. The molecule has 0 spiro atoms. The van der Waals surface area contributed by atoms with E-state index < -0.39 is 5.97 Å². The highest BCUT2D eigenvalue weighted by Gasteiger charge is 2.11. The maximum Gasteiger partial charge on any atom is 0.322 e. The van der Waals surface area contributed by atoms with E-state index in [9.17, 15) is 14.4 Å². The molecule has 6 nitrogen and oxygen atoms in total. The molecule has 0 bridgehead atoms. The number of carbonyl (C=O) groups is 3. The number of amides is 1. The molecule has 1 atom stereocenters. The fraction of sp³-hybridized carbons (Fsp3) is 0.727. The Kier molecular flexibility index (Phi) is 26.9. The molecule has 0 aliphatic heterocycles. The van der Waals surface area contributed by atoms with Crippen LogP contribution in [0.25, 0.3) is 0 Å². The summed E-state index contributed by atoms with van der Waals surface area (Å²) in [6.45, 7) is 4.04. The van der Waals surface area contributed by atoms with Gasteiger partial charge in [-0.05, 0) is 51.0 Å². The highest BCUT2D eigenvalue weighted by molar-refractivity contribution is 5.80. The Morgan fingerprint density at radius 3 is 1.85 bits per heavy atom. The summed E-state index contributed by atoms with van der Waals surface area (Å²) in [7, 11) is 0. The van der Waals surface area contributed by atoms with Crippen molar-refractivity contribution < 1.29 is 24.2 Å². The molecule has 0 aliphatic rings. The number of aliphatic carboxylic acids is 1. The van der Waals surface area contributed by atoms with Crippen LogP contribution in [-0.4, -0.2) is 35.6 Å². The van der Waals surface area contributed by atoms with Crippen molar-refractivity contribution in [3.63, 3.8) is 0 Å². The highest BCUT2D eigenvalue weighted by atomic mass is 16.5. The van der Waals surface area contributed by atoms with E-state index in [0.29, 0.717) is 12.8 Å². The van der Waals surface area contributed by atoms with E-state index in [2.05, 4.69) is 49.5 Å². The molecule has 0 heterocycles. The van der Waals surface area contributed by atoms with Gasteiger partial charge in [-0.25, -0.2) is 0 Å². The first-order chi connectivity index (χ1) is 19.0. The van der Waals surface area contributed by atoms with Crippen LogP contribution in [0.5, 0.6) is 0 Å². The average molecular weight is 548 g/mol. The van der Waals surface area contributed by atoms with Gasteiger partial charge in [-0.2, -0.15) is 0 Å². The van der Waals surface area contributed by atoms with Crippen LogP contribution in [-0.2, 0) is 19.1 Å². The molecular weight excluding hydrogens is 490 g/mol. The van der Waals surface area contributed by atoms with E-state index in [1.807, 2.05) is 6.08 Å². The molecule has 0 aliphatic carbocycles. The van der Waals surface area contributed by atoms with Crippen molar-refractivity contribution in [2.45, 2.75) is 148 Å². The van der Waals surface area contributed by atoms with E-state index in [-0.39, 0.29) is 24.5 Å². The first kappa shape index (κ1) is 36.6. The fourth-order valence-corrected chi connectivity index (χ4v) is 4.27. The second kappa shape index (κ2) is 28.6. The Hall–Kier alpha value is -2.37. The molecule has 0 fully saturated rings. The molecule has 0 rings (SSSR count). The monoisotopic (exact) mass is 547 g/mol. The molecule has 6 heteroatoms. The average Bonchev–Trinajstić information content (AvgIpc) is 2.91. The van der Waals surface area contributed by atoms with Gasteiger partial charge in [-0.1, -0.05) is 115 Å². The number of carboxylic acids is 1. The van der Waals surface area contributed by atoms with Crippen LogP contribution in [0.15, 0.2) is 36.5 Å². The van der Waals surface area contributed by atoms with Crippen molar-refractivity contribution in [2.75, 3.05) is 6.54 Å². The summed E-state index contributed by atoms with van der Waals surface area (Å²) in [5.41, 5.74) is 0. The van der Waals surface area contributed by atoms with Gasteiger partial charge in [0.05, 0.1) is 0 Å². The van der Waals surface area contributed by atoms with Crippen LogP contribution in [0.3, 0.4) is 0 Å². The lowest BCUT2D eigenvalue weighted by atomic mass is 10.1. The summed E-state index contributed by atoms with van der Waals surface area (Å²) in [5, 5.41) is 11.0. The van der Waals surface area contributed by atoms with Crippen LogP contribution in [0.2, 0.25) is 0 Å². The normalized spacial score (nSPS) is 12.5. The summed E-state index contributed by atoms with van der Waals surface area (Å²) < 4.78 is 5.81. The van der Waals surface area contributed by atoms with Crippen LogP contribution >= 0.6 is 0 Å². The molecule has 0 saturated heterocycles. The molecule has 224 valence electrons. The minimum Gasteiger partial charge on any atom is -0.480 e. The Bertz CT molecular complexity index is 698. The number of rotatable bonds is 27. The van der Waals surface area contributed by atoms with Gasteiger partial charge in [-0.3, -0.25) is 14.4 Å². The number of carbonyl (C=O) groups excluding carboxylic acids is 2. The van der Waals surface area contributed by atoms with Gasteiger partial charge in [0.15, 0.2) is 0 Å². The number of esters is 1. The first-order valence-electron chi connectivity index (χ1n) is 15.6. The second-order valence-electron chi connectivity index (χ2n) is 10.3. The molecule has 1 amide bonds. The van der Waals surface area contributed by atoms with Crippen LogP contribution in [0.4, 0.5) is 0 Å². The molecule has 0 radical (unpaired) electrons. The van der Waals surface area contributed by atoms with Gasteiger partial charge in [0.1, 0.15) is 12.6 Å². The molecule has 39 heavy (non-hydrogen) atoms. The zero-order valence-electron chi connectivity index (χ0n) is 25.0. The quantitative estimate of drug-likeness (QED) is 0.0610. The van der Waals surface area contributed by atoms with Crippen molar-refractivity contribution in [3.8, 4) is 0 Å². The lowest BCUT2D eigenvalue weighted by Crippen LogP contribution is -2.28. The van der Waals surface area contributed by atoms with Crippen LogP contribution in [0, 0.1) is 0 Å². The van der Waals surface area contributed by atoms with E-state index >= 15 is 0 Å². The van der Waals surface area contributed by atoms with E-state index in [0.717, 1.165) is 64.2 Å². The summed E-state index contributed by atoms with van der Waals surface area (Å²) in [6, 6.07) is 0. The molecule has 0 aromatic heterocycles. The maximum atomic E-state index is 12.5. The Labute approximate surface area is 238 Å². The third-order valence-corrected chi connectivity index (χ3v) is 6.56. The van der Waals surface area contributed by atoms with Crippen molar-refractivity contribution in [2.24, 2.45) is 0 Å². The smallest absolute Gasteiger partial charge is 0.322 e. The van der Waals surface area contributed by atoms with Crippen LogP contribution < -0.4 is 5.32 Å². The van der Waals surface area contributed by atoms with Gasteiger partial charge in [0, 0.05) is 12.8 Å². The van der Waals surface area contributed by atoms with Gasteiger partial charge in [0.25, 0.3) is 0 Å². The number of nitrogens with one attached hydrogen (secondary N) is 1. The SMILES string of the molecule is CC/C=C\C/C=C\C/C=C\C(CCCCCCC(=O)NCC(=O)O)OC(=O)CCCCCCCCCCCC. The van der Waals surface area contributed by atoms with Crippen molar-refractivity contribution in [1.82, 2.24) is 5.32 Å². The topological polar surface area (TPSA) is 92.7 Å². The van der Waals surface area contributed by atoms with Crippen molar-refractivity contribution in [3.05, 3.63) is 36.5 Å². The zero-order valence-corrected chi connectivity index (χ0v) is 25.0.